The molecule has 2 N–H and O–H groups in total. The van der Waals surface area contributed by atoms with Gasteiger partial charge in [-0.15, -0.1) is 5.10 Å². The summed E-state index contributed by atoms with van der Waals surface area (Å²) in [6.45, 7) is 0.662. The molecule has 0 saturated carbocycles. The minimum absolute atomic E-state index is 0.163. The number of anilines is 1. The second kappa shape index (κ2) is 7.72. The molecule has 2 amide bonds. The molecule has 1 heterocycles. The van der Waals surface area contributed by atoms with Crippen LogP contribution in [0.5, 0.6) is 0 Å². The molecule has 0 radical (unpaired) electrons. The number of amides is 2. The Morgan fingerprint density at radius 2 is 2.00 bits per heavy atom. The lowest BCUT2D eigenvalue weighted by Crippen LogP contribution is -2.38. The molecule has 6 nitrogen and oxygen atoms in total. The number of aromatic nitrogens is 2. The standard InChI is InChI=1S/C15H18ClN5O/c1-21(2)10-13(11-5-7-12(16)8-6-11)18-15(22)19-14-4-3-9-17-20-14/h3-9,13H,10H2,1-2H3,(H2,18,19,20,22). The topological polar surface area (TPSA) is 70.2 Å². The molecule has 1 unspecified atom stereocenters. The van der Waals surface area contributed by atoms with Gasteiger partial charge in [0, 0.05) is 17.8 Å². The summed E-state index contributed by atoms with van der Waals surface area (Å²) in [5.41, 5.74) is 0.979. The fourth-order valence-electron chi connectivity index (χ4n) is 1.97. The van der Waals surface area contributed by atoms with E-state index >= 15 is 0 Å². The van der Waals surface area contributed by atoms with Gasteiger partial charge in [-0.1, -0.05) is 23.7 Å². The molecule has 2 aromatic rings. The van der Waals surface area contributed by atoms with Crippen LogP contribution in [0.15, 0.2) is 42.6 Å². The van der Waals surface area contributed by atoms with Gasteiger partial charge in [-0.3, -0.25) is 5.32 Å². The zero-order valence-electron chi connectivity index (χ0n) is 12.5. The first-order chi connectivity index (χ1) is 10.5. The van der Waals surface area contributed by atoms with E-state index in [1.165, 1.54) is 0 Å². The summed E-state index contributed by atoms with van der Waals surface area (Å²) in [7, 11) is 3.90. The van der Waals surface area contributed by atoms with E-state index in [1.54, 1.807) is 18.3 Å². The van der Waals surface area contributed by atoms with Crippen molar-refractivity contribution >= 4 is 23.4 Å². The Kier molecular flexibility index (Phi) is 5.68. The number of nitrogens with one attached hydrogen (secondary N) is 2. The van der Waals surface area contributed by atoms with Gasteiger partial charge in [0.1, 0.15) is 0 Å². The molecule has 22 heavy (non-hydrogen) atoms. The fraction of sp³-hybridized carbons (Fsp3) is 0.267. The van der Waals surface area contributed by atoms with Crippen LogP contribution >= 0.6 is 11.6 Å². The van der Waals surface area contributed by atoms with Gasteiger partial charge in [0.25, 0.3) is 0 Å². The molecule has 7 heteroatoms. The van der Waals surface area contributed by atoms with Gasteiger partial charge in [0.05, 0.1) is 6.04 Å². The number of benzene rings is 1. The lowest BCUT2D eigenvalue weighted by atomic mass is 10.1. The van der Waals surface area contributed by atoms with E-state index in [2.05, 4.69) is 20.8 Å². The van der Waals surface area contributed by atoms with Crippen LogP contribution in [0.25, 0.3) is 0 Å². The molecule has 0 bridgehead atoms. The summed E-state index contributed by atoms with van der Waals surface area (Å²) in [5, 5.41) is 13.8. The monoisotopic (exact) mass is 319 g/mol. The number of hydrogen-bond acceptors (Lipinski definition) is 4. The Bertz CT molecular complexity index is 603. The smallest absolute Gasteiger partial charge is 0.320 e. The summed E-state index contributed by atoms with van der Waals surface area (Å²) < 4.78 is 0. The zero-order valence-corrected chi connectivity index (χ0v) is 13.2. The third-order valence-corrected chi connectivity index (χ3v) is 3.19. The molecule has 0 fully saturated rings. The maximum absolute atomic E-state index is 12.1. The minimum atomic E-state index is -0.331. The van der Waals surface area contributed by atoms with E-state index in [0.29, 0.717) is 17.4 Å². The van der Waals surface area contributed by atoms with Crippen LogP contribution in [0.1, 0.15) is 11.6 Å². The van der Waals surface area contributed by atoms with Gasteiger partial charge < -0.3 is 10.2 Å². The van der Waals surface area contributed by atoms with Gasteiger partial charge in [-0.25, -0.2) is 4.79 Å². The number of rotatable bonds is 5. The lowest BCUT2D eigenvalue weighted by molar-refractivity contribution is 0.244. The number of carbonyl (C=O) groups excluding carboxylic acids is 1. The van der Waals surface area contributed by atoms with Crippen molar-refractivity contribution in [3.05, 3.63) is 53.2 Å². The Morgan fingerprint density at radius 1 is 1.27 bits per heavy atom. The number of urea groups is 1. The highest BCUT2D eigenvalue weighted by atomic mass is 35.5. The first-order valence-corrected chi connectivity index (χ1v) is 7.18. The van der Waals surface area contributed by atoms with E-state index in [0.717, 1.165) is 5.56 Å². The normalized spacial score (nSPS) is 12.0. The Labute approximate surface area is 134 Å². The van der Waals surface area contributed by atoms with Gasteiger partial charge in [-0.2, -0.15) is 5.10 Å². The summed E-state index contributed by atoms with van der Waals surface area (Å²) in [5.74, 6) is 0.403. The van der Waals surface area contributed by atoms with Crippen molar-refractivity contribution in [2.24, 2.45) is 0 Å². The van der Waals surface area contributed by atoms with E-state index in [1.807, 2.05) is 43.3 Å². The van der Waals surface area contributed by atoms with Crippen molar-refractivity contribution in [3.8, 4) is 0 Å². The number of nitrogens with zero attached hydrogens (tertiary/aromatic N) is 3. The summed E-state index contributed by atoms with van der Waals surface area (Å²) >= 11 is 5.91. The molecule has 0 saturated heterocycles. The highest BCUT2D eigenvalue weighted by Crippen LogP contribution is 2.17. The van der Waals surface area contributed by atoms with Crippen molar-refractivity contribution in [1.82, 2.24) is 20.4 Å². The van der Waals surface area contributed by atoms with Crippen LogP contribution in [0.2, 0.25) is 5.02 Å². The quantitative estimate of drug-likeness (QED) is 0.888. The molecule has 0 aliphatic heterocycles. The molecule has 1 atom stereocenters. The van der Waals surface area contributed by atoms with Gasteiger partial charge in [0.15, 0.2) is 5.82 Å². The summed E-state index contributed by atoms with van der Waals surface area (Å²) in [6, 6.07) is 10.3. The predicted octanol–water partition coefficient (Wildman–Crippen LogP) is 2.55. The molecule has 0 spiro atoms. The Hall–Kier alpha value is -2.18. The molecule has 0 aliphatic carbocycles. The van der Waals surface area contributed by atoms with E-state index < -0.39 is 0 Å². The van der Waals surface area contributed by atoms with E-state index in [9.17, 15) is 4.79 Å². The highest BCUT2D eigenvalue weighted by Gasteiger charge is 2.16. The predicted molar refractivity (Wildman–Crippen MR) is 86.9 cm³/mol. The Morgan fingerprint density at radius 3 is 2.59 bits per heavy atom. The molecule has 1 aromatic carbocycles. The second-order valence-electron chi connectivity index (χ2n) is 5.07. The first kappa shape index (κ1) is 16.2. The van der Waals surface area contributed by atoms with Crippen LogP contribution in [0, 0.1) is 0 Å². The Balaban J connectivity index is 2.06. The van der Waals surface area contributed by atoms with Crippen LogP contribution in [0.4, 0.5) is 10.6 Å². The molecule has 0 aliphatic rings. The molecular formula is C15H18ClN5O. The molecular weight excluding hydrogens is 302 g/mol. The zero-order chi connectivity index (χ0) is 15.9. The second-order valence-corrected chi connectivity index (χ2v) is 5.51. The maximum atomic E-state index is 12.1. The van der Waals surface area contributed by atoms with Gasteiger partial charge in [0.2, 0.25) is 0 Å². The van der Waals surface area contributed by atoms with Crippen LogP contribution < -0.4 is 10.6 Å². The molecule has 2 rings (SSSR count). The lowest BCUT2D eigenvalue weighted by Gasteiger charge is -2.23. The SMILES string of the molecule is CN(C)CC(NC(=O)Nc1cccnn1)c1ccc(Cl)cc1. The van der Waals surface area contributed by atoms with Crippen LogP contribution in [-0.4, -0.2) is 41.8 Å². The fourth-order valence-corrected chi connectivity index (χ4v) is 2.10. The first-order valence-electron chi connectivity index (χ1n) is 6.80. The van der Waals surface area contributed by atoms with E-state index in [-0.39, 0.29) is 12.1 Å². The van der Waals surface area contributed by atoms with Crippen molar-refractivity contribution in [3.63, 3.8) is 0 Å². The van der Waals surface area contributed by atoms with Crippen LogP contribution in [-0.2, 0) is 0 Å². The van der Waals surface area contributed by atoms with Crippen molar-refractivity contribution < 1.29 is 4.79 Å². The number of likely N-dealkylation sites (N-methyl/N-ethyl adjacent to an activating group) is 1. The van der Waals surface area contributed by atoms with E-state index in [4.69, 9.17) is 11.6 Å². The minimum Gasteiger partial charge on any atom is -0.330 e. The number of carbonyl (C=O) groups is 1. The highest BCUT2D eigenvalue weighted by molar-refractivity contribution is 6.30. The summed E-state index contributed by atoms with van der Waals surface area (Å²) in [4.78, 5) is 14.1. The summed E-state index contributed by atoms with van der Waals surface area (Å²) in [6.07, 6.45) is 1.55. The maximum Gasteiger partial charge on any atom is 0.320 e. The number of halogens is 1. The average molecular weight is 320 g/mol. The third kappa shape index (κ3) is 4.98. The van der Waals surface area contributed by atoms with Crippen LogP contribution in [0.3, 0.4) is 0 Å². The molecule has 116 valence electrons. The van der Waals surface area contributed by atoms with Crippen molar-refractivity contribution in [2.45, 2.75) is 6.04 Å². The van der Waals surface area contributed by atoms with Gasteiger partial charge in [-0.05, 0) is 43.9 Å². The third-order valence-electron chi connectivity index (χ3n) is 2.94. The number of hydrogen-bond donors (Lipinski definition) is 2. The average Bonchev–Trinajstić information content (AvgIpc) is 2.48. The van der Waals surface area contributed by atoms with Crippen molar-refractivity contribution in [2.75, 3.05) is 26.0 Å². The van der Waals surface area contributed by atoms with Gasteiger partial charge >= 0.3 is 6.03 Å². The largest absolute Gasteiger partial charge is 0.330 e. The molecule has 1 aromatic heterocycles. The van der Waals surface area contributed by atoms with Crippen molar-refractivity contribution in [1.29, 1.82) is 0 Å².